The van der Waals surface area contributed by atoms with Crippen LogP contribution in [0.1, 0.15) is 39.5 Å². The van der Waals surface area contributed by atoms with E-state index in [1.165, 1.54) is 6.92 Å². The fourth-order valence-corrected chi connectivity index (χ4v) is 3.13. The fourth-order valence-electron chi connectivity index (χ4n) is 3.05. The van der Waals surface area contributed by atoms with Gasteiger partial charge >= 0.3 is 5.97 Å². The second-order valence-corrected chi connectivity index (χ2v) is 8.43. The van der Waals surface area contributed by atoms with Crippen LogP contribution in [0.4, 0.5) is 0 Å². The molecule has 0 aliphatic heterocycles. The first kappa shape index (κ1) is 34.3. The van der Waals surface area contributed by atoms with E-state index in [1.807, 2.05) is 0 Å². The van der Waals surface area contributed by atoms with Crippen LogP contribution in [0.2, 0.25) is 0 Å². The molecule has 0 bridgehead atoms. The standard InChI is InChI=1S/C21H34N6O10S/c1-10(29)17(18(22)34)27-19(35)12(5-3-4-6-23-15(31)9-38)25-20(36)13(7-16(32)33)26-21(37)14(8-28)24-11(2)30/h9-10,12-14,17,28-29H,3-8H2,1-2H3,(H2,22,34)(H,23,31)(H,24,30)(H,25,36)(H,26,37)(H,27,35)(H,32,33)/t10-,12+,13+,14+,17+/m1/s1. The molecule has 0 unspecified atom stereocenters. The van der Waals surface area contributed by atoms with E-state index in [1.54, 1.807) is 0 Å². The lowest BCUT2D eigenvalue weighted by molar-refractivity contribution is -0.141. The van der Waals surface area contributed by atoms with E-state index in [9.17, 15) is 48.9 Å². The highest BCUT2D eigenvalue weighted by Crippen LogP contribution is 2.05. The summed E-state index contributed by atoms with van der Waals surface area (Å²) in [7, 11) is 0. The Morgan fingerprint density at radius 2 is 1.45 bits per heavy atom. The molecule has 0 aliphatic carbocycles. The number of carbonyl (C=O) groups is 7. The maximum atomic E-state index is 12.9. The molecule has 0 aromatic rings. The predicted molar refractivity (Wildman–Crippen MR) is 134 cm³/mol. The Morgan fingerprint density at radius 3 is 1.92 bits per heavy atom. The average molecular weight is 563 g/mol. The van der Waals surface area contributed by atoms with Crippen molar-refractivity contribution in [1.29, 1.82) is 0 Å². The lowest BCUT2D eigenvalue weighted by atomic mass is 10.1. The Hall–Kier alpha value is -3.70. The molecule has 0 rings (SSSR count). The molecule has 0 aromatic carbocycles. The van der Waals surface area contributed by atoms with Crippen molar-refractivity contribution in [2.75, 3.05) is 13.2 Å². The molecule has 16 nitrogen and oxygen atoms in total. The zero-order valence-corrected chi connectivity index (χ0v) is 21.7. The van der Waals surface area contributed by atoms with Crippen molar-refractivity contribution in [3.63, 3.8) is 0 Å². The number of aliphatic carboxylic acids is 1. The summed E-state index contributed by atoms with van der Waals surface area (Å²) in [5, 5.41) is 40.4. The summed E-state index contributed by atoms with van der Waals surface area (Å²) in [6.07, 6.45) is -1.76. The zero-order chi connectivity index (χ0) is 29.4. The molecule has 10 N–H and O–H groups in total. The van der Waals surface area contributed by atoms with E-state index >= 15 is 0 Å². The van der Waals surface area contributed by atoms with Crippen molar-refractivity contribution in [1.82, 2.24) is 26.6 Å². The van der Waals surface area contributed by atoms with Gasteiger partial charge in [0.15, 0.2) is 0 Å². The van der Waals surface area contributed by atoms with Crippen LogP contribution < -0.4 is 32.3 Å². The maximum absolute atomic E-state index is 12.9. The summed E-state index contributed by atoms with van der Waals surface area (Å²) in [5.74, 6) is -6.77. The zero-order valence-electron chi connectivity index (χ0n) is 20.9. The number of primary amides is 1. The highest BCUT2D eigenvalue weighted by atomic mass is 32.1. The van der Waals surface area contributed by atoms with Crippen LogP contribution >= 0.6 is 12.2 Å². The van der Waals surface area contributed by atoms with E-state index in [2.05, 4.69) is 38.8 Å². The first-order chi connectivity index (χ1) is 17.7. The van der Waals surface area contributed by atoms with Gasteiger partial charge in [0.25, 0.3) is 5.91 Å². The molecule has 5 atom stereocenters. The van der Waals surface area contributed by atoms with Gasteiger partial charge in [-0.15, -0.1) is 0 Å². The number of hydrogen-bond acceptors (Lipinski definition) is 10. The van der Waals surface area contributed by atoms with Crippen LogP contribution in [0.25, 0.3) is 0 Å². The third-order valence-electron chi connectivity index (χ3n) is 4.93. The number of carboxylic acid groups (broad SMARTS) is 1. The minimum absolute atomic E-state index is 0.0603. The Morgan fingerprint density at radius 1 is 0.895 bits per heavy atom. The summed E-state index contributed by atoms with van der Waals surface area (Å²) >= 11 is 4.48. The Labute approximate surface area is 223 Å². The van der Waals surface area contributed by atoms with Crippen LogP contribution in [-0.4, -0.2) is 106 Å². The molecule has 0 saturated heterocycles. The molecule has 38 heavy (non-hydrogen) atoms. The van der Waals surface area contributed by atoms with Crippen molar-refractivity contribution in [3.05, 3.63) is 0 Å². The number of hydrogen-bond donors (Lipinski definition) is 9. The number of amides is 6. The van der Waals surface area contributed by atoms with Gasteiger partial charge in [-0.05, 0) is 26.2 Å². The van der Waals surface area contributed by atoms with Crippen LogP contribution in [-0.2, 0) is 33.6 Å². The van der Waals surface area contributed by atoms with Crippen molar-refractivity contribution >= 4 is 59.0 Å². The smallest absolute Gasteiger partial charge is 0.305 e. The summed E-state index contributed by atoms with van der Waals surface area (Å²) in [6.45, 7) is 1.63. The summed E-state index contributed by atoms with van der Waals surface area (Å²) < 4.78 is 0. The van der Waals surface area contributed by atoms with Crippen LogP contribution in [0.3, 0.4) is 0 Å². The molecule has 214 valence electrons. The van der Waals surface area contributed by atoms with Crippen LogP contribution in [0, 0.1) is 0 Å². The predicted octanol–water partition coefficient (Wildman–Crippen LogP) is -4.44. The number of unbranched alkanes of at least 4 members (excludes halogenated alkanes) is 1. The van der Waals surface area contributed by atoms with Crippen molar-refractivity contribution in [2.24, 2.45) is 5.73 Å². The van der Waals surface area contributed by atoms with Gasteiger partial charge in [0.2, 0.25) is 29.5 Å². The average Bonchev–Trinajstić information content (AvgIpc) is 2.82. The van der Waals surface area contributed by atoms with E-state index in [0.29, 0.717) is 6.42 Å². The molecule has 0 saturated carbocycles. The lowest BCUT2D eigenvalue weighted by Gasteiger charge is -2.26. The van der Waals surface area contributed by atoms with Gasteiger partial charge in [0.05, 0.1) is 24.5 Å². The third kappa shape index (κ3) is 13.6. The summed E-state index contributed by atoms with van der Waals surface area (Å²) in [4.78, 5) is 83.4. The van der Waals surface area contributed by atoms with Gasteiger partial charge in [-0.1, -0.05) is 12.2 Å². The number of carboxylic acids is 1. The quantitative estimate of drug-likeness (QED) is 0.0568. The molecule has 0 heterocycles. The molecule has 6 amide bonds. The number of thiocarbonyl (C=S) groups is 1. The fraction of sp³-hybridized carbons (Fsp3) is 0.619. The molecule has 17 heteroatoms. The number of carbonyl (C=O) groups excluding carboxylic acids is 6. The molecule has 0 aliphatic rings. The largest absolute Gasteiger partial charge is 0.481 e. The van der Waals surface area contributed by atoms with Crippen LogP contribution in [0.15, 0.2) is 0 Å². The molecule has 0 spiro atoms. The first-order valence-electron chi connectivity index (χ1n) is 11.4. The lowest BCUT2D eigenvalue weighted by Crippen LogP contribution is -2.59. The highest BCUT2D eigenvalue weighted by molar-refractivity contribution is 7.80. The van der Waals surface area contributed by atoms with Gasteiger partial charge < -0.3 is 47.6 Å². The second kappa shape index (κ2) is 17.7. The topological polar surface area (TPSA) is 266 Å². The molecule has 0 fully saturated rings. The number of nitrogens with one attached hydrogen (secondary N) is 5. The molecule has 0 aromatic heterocycles. The Balaban J connectivity index is 5.67. The van der Waals surface area contributed by atoms with E-state index in [0.717, 1.165) is 12.3 Å². The number of aliphatic hydroxyl groups is 2. The van der Waals surface area contributed by atoms with Crippen molar-refractivity contribution in [2.45, 2.75) is 69.8 Å². The van der Waals surface area contributed by atoms with Crippen LogP contribution in [0.5, 0.6) is 0 Å². The molecule has 0 radical (unpaired) electrons. The number of rotatable bonds is 18. The first-order valence-corrected chi connectivity index (χ1v) is 11.9. The van der Waals surface area contributed by atoms with Gasteiger partial charge in [0, 0.05) is 13.5 Å². The van der Waals surface area contributed by atoms with Gasteiger partial charge in [-0.2, -0.15) is 0 Å². The van der Waals surface area contributed by atoms with E-state index < -0.39 is 84.7 Å². The van der Waals surface area contributed by atoms with E-state index in [4.69, 9.17) is 5.73 Å². The third-order valence-corrected chi connectivity index (χ3v) is 5.15. The Kier molecular flexibility index (Phi) is 16.0. The SMILES string of the molecule is CC(=O)N[C@@H](CO)C(=O)N[C@@H](CC(=O)O)C(=O)N[C@@H](CCCCNC(=O)C=S)C(=O)N[C@H](C(N)=O)[C@@H](C)O. The minimum Gasteiger partial charge on any atom is -0.481 e. The Bertz CT molecular complexity index is 900. The van der Waals surface area contributed by atoms with Gasteiger partial charge in [-0.25, -0.2) is 0 Å². The van der Waals surface area contributed by atoms with Gasteiger partial charge in [0.1, 0.15) is 24.2 Å². The number of nitrogens with two attached hydrogens (primary N) is 1. The van der Waals surface area contributed by atoms with Crippen molar-refractivity contribution < 1.29 is 48.9 Å². The summed E-state index contributed by atoms with van der Waals surface area (Å²) in [5.41, 5.74) is 5.19. The monoisotopic (exact) mass is 562 g/mol. The minimum atomic E-state index is -1.72. The second-order valence-electron chi connectivity index (χ2n) is 8.19. The summed E-state index contributed by atoms with van der Waals surface area (Å²) in [6, 6.07) is -6.06. The van der Waals surface area contributed by atoms with Crippen molar-refractivity contribution in [3.8, 4) is 0 Å². The van der Waals surface area contributed by atoms with Gasteiger partial charge in [-0.3, -0.25) is 33.6 Å². The maximum Gasteiger partial charge on any atom is 0.305 e. The number of aliphatic hydroxyl groups excluding tert-OH is 2. The normalized spacial score (nSPS) is 14.4. The molecular weight excluding hydrogens is 528 g/mol. The van der Waals surface area contributed by atoms with E-state index in [-0.39, 0.29) is 19.4 Å². The highest BCUT2D eigenvalue weighted by Gasteiger charge is 2.32. The molecular formula is C21H34N6O10S.